The number of carbonyl (C=O) groups is 2. The second-order valence-electron chi connectivity index (χ2n) is 6.66. The Bertz CT molecular complexity index is 860. The van der Waals surface area contributed by atoms with E-state index in [9.17, 15) is 18.4 Å². The van der Waals surface area contributed by atoms with E-state index in [-0.39, 0.29) is 29.9 Å². The molecule has 1 heterocycles. The smallest absolute Gasteiger partial charge is 0.387 e. The molecule has 0 N–H and O–H groups in total. The number of carbonyl (C=O) groups excluding carboxylic acids is 2. The third-order valence-corrected chi connectivity index (χ3v) is 4.61. The van der Waals surface area contributed by atoms with Crippen LogP contribution in [0.5, 0.6) is 11.5 Å². The van der Waals surface area contributed by atoms with Gasteiger partial charge in [-0.2, -0.15) is 8.78 Å². The minimum atomic E-state index is -2.96. The van der Waals surface area contributed by atoms with Crippen LogP contribution in [0, 0.1) is 5.92 Å². The fraction of sp³-hybridized carbons (Fsp3) is 0.300. The van der Waals surface area contributed by atoms with Crippen LogP contribution in [0.4, 0.5) is 8.78 Å². The molecule has 140 valence electrons. The van der Waals surface area contributed by atoms with Gasteiger partial charge in [0, 0.05) is 0 Å². The molecule has 0 atom stereocenters. The van der Waals surface area contributed by atoms with Crippen LogP contribution in [-0.2, 0) is 6.54 Å². The van der Waals surface area contributed by atoms with E-state index in [1.165, 1.54) is 6.07 Å². The molecule has 2 aromatic rings. The topological polar surface area (TPSA) is 55.8 Å². The summed E-state index contributed by atoms with van der Waals surface area (Å²) in [6.45, 7) is -2.51. The molecule has 4 rings (SSSR count). The zero-order chi connectivity index (χ0) is 19.0. The van der Waals surface area contributed by atoms with Gasteiger partial charge in [-0.05, 0) is 48.6 Å². The zero-order valence-corrected chi connectivity index (χ0v) is 14.4. The Morgan fingerprint density at radius 1 is 1.00 bits per heavy atom. The summed E-state index contributed by atoms with van der Waals surface area (Å²) < 4.78 is 35.4. The minimum Gasteiger partial charge on any atom is -0.489 e. The molecule has 0 unspecified atom stereocenters. The lowest BCUT2D eigenvalue weighted by molar-refractivity contribution is -0.0515. The molecule has 27 heavy (non-hydrogen) atoms. The number of ether oxygens (including phenoxy) is 2. The molecule has 2 aromatic carbocycles. The molecule has 0 aromatic heterocycles. The van der Waals surface area contributed by atoms with E-state index >= 15 is 0 Å². The first-order valence-electron chi connectivity index (χ1n) is 8.68. The van der Waals surface area contributed by atoms with Gasteiger partial charge >= 0.3 is 6.61 Å². The molecule has 0 radical (unpaired) electrons. The summed E-state index contributed by atoms with van der Waals surface area (Å²) in [7, 11) is 0. The Labute approximate surface area is 154 Å². The minimum absolute atomic E-state index is 0.0289. The lowest BCUT2D eigenvalue weighted by Gasteiger charge is -2.17. The van der Waals surface area contributed by atoms with Crippen molar-refractivity contribution in [2.24, 2.45) is 5.92 Å². The number of amides is 2. The van der Waals surface area contributed by atoms with Gasteiger partial charge in [0.25, 0.3) is 11.8 Å². The van der Waals surface area contributed by atoms with Gasteiger partial charge in [-0.15, -0.1) is 0 Å². The molecule has 2 amide bonds. The van der Waals surface area contributed by atoms with Crippen LogP contribution in [0.15, 0.2) is 42.5 Å². The molecule has 0 bridgehead atoms. The lowest BCUT2D eigenvalue weighted by atomic mass is 10.1. The predicted octanol–water partition coefficient (Wildman–Crippen LogP) is 3.87. The van der Waals surface area contributed by atoms with Crippen LogP contribution >= 0.6 is 0 Å². The van der Waals surface area contributed by atoms with Crippen LogP contribution in [0.2, 0.25) is 0 Å². The van der Waals surface area contributed by atoms with Crippen LogP contribution in [0.25, 0.3) is 0 Å². The number of imide groups is 1. The van der Waals surface area contributed by atoms with Crippen molar-refractivity contribution in [3.05, 3.63) is 59.2 Å². The van der Waals surface area contributed by atoms with E-state index in [0.717, 1.165) is 17.7 Å². The van der Waals surface area contributed by atoms with Crippen LogP contribution < -0.4 is 9.47 Å². The van der Waals surface area contributed by atoms with Gasteiger partial charge in [-0.1, -0.05) is 18.2 Å². The van der Waals surface area contributed by atoms with Crippen molar-refractivity contribution in [3.8, 4) is 11.5 Å². The maximum atomic E-state index is 12.6. The van der Waals surface area contributed by atoms with Crippen LogP contribution in [-0.4, -0.2) is 29.9 Å². The number of benzene rings is 2. The number of hydrogen-bond donors (Lipinski definition) is 0. The fourth-order valence-corrected chi connectivity index (χ4v) is 3.01. The van der Waals surface area contributed by atoms with Gasteiger partial charge < -0.3 is 9.47 Å². The molecule has 1 fully saturated rings. The summed E-state index contributed by atoms with van der Waals surface area (Å²) in [4.78, 5) is 26.1. The molecule has 0 saturated heterocycles. The van der Waals surface area contributed by atoms with Gasteiger partial charge in [0.2, 0.25) is 0 Å². The van der Waals surface area contributed by atoms with Crippen LogP contribution in [0.3, 0.4) is 0 Å². The monoisotopic (exact) mass is 373 g/mol. The summed E-state index contributed by atoms with van der Waals surface area (Å²) in [5.41, 5.74) is 1.33. The zero-order valence-electron chi connectivity index (χ0n) is 14.4. The van der Waals surface area contributed by atoms with Gasteiger partial charge in [-0.25, -0.2) is 0 Å². The SMILES string of the molecule is O=C1c2ccccc2C(=O)N1Cc1ccc(OC(F)F)c(OCC2CC2)c1. The van der Waals surface area contributed by atoms with E-state index in [4.69, 9.17) is 4.74 Å². The number of halogens is 2. The largest absolute Gasteiger partial charge is 0.489 e. The average Bonchev–Trinajstić information content (AvgIpc) is 3.45. The van der Waals surface area contributed by atoms with Crippen molar-refractivity contribution in [1.29, 1.82) is 0 Å². The summed E-state index contributed by atoms with van der Waals surface area (Å²) in [6, 6.07) is 11.1. The number of nitrogens with zero attached hydrogens (tertiary/aromatic N) is 1. The van der Waals surface area contributed by atoms with Crippen molar-refractivity contribution in [1.82, 2.24) is 4.90 Å². The van der Waals surface area contributed by atoms with Crippen molar-refractivity contribution in [2.75, 3.05) is 6.61 Å². The lowest BCUT2D eigenvalue weighted by Crippen LogP contribution is -2.29. The molecule has 7 heteroatoms. The highest BCUT2D eigenvalue weighted by Crippen LogP contribution is 2.35. The maximum absolute atomic E-state index is 12.6. The third kappa shape index (κ3) is 3.63. The summed E-state index contributed by atoms with van der Waals surface area (Å²) in [5.74, 6) is -0.176. The molecular weight excluding hydrogens is 356 g/mol. The van der Waals surface area contributed by atoms with Gasteiger partial charge in [0.15, 0.2) is 11.5 Å². The highest BCUT2D eigenvalue weighted by molar-refractivity contribution is 6.21. The van der Waals surface area contributed by atoms with Crippen molar-refractivity contribution >= 4 is 11.8 Å². The standard InChI is InChI=1S/C20H17F2NO4/c21-20(22)27-16-8-7-13(9-17(16)26-11-12-5-6-12)10-23-18(24)14-3-1-2-4-15(14)19(23)25/h1-4,7-9,12,20H,5-6,10-11H2. The molecule has 1 aliphatic heterocycles. The second kappa shape index (κ2) is 6.98. The third-order valence-electron chi connectivity index (χ3n) is 4.61. The normalized spacial score (nSPS) is 16.0. The number of rotatable bonds is 7. The summed E-state index contributed by atoms with van der Waals surface area (Å²) in [5, 5.41) is 0. The quantitative estimate of drug-likeness (QED) is 0.692. The Morgan fingerprint density at radius 3 is 2.26 bits per heavy atom. The van der Waals surface area contributed by atoms with Crippen molar-refractivity contribution < 1.29 is 27.8 Å². The van der Waals surface area contributed by atoms with Crippen molar-refractivity contribution in [2.45, 2.75) is 26.0 Å². The summed E-state index contributed by atoms with van der Waals surface area (Å²) >= 11 is 0. The maximum Gasteiger partial charge on any atom is 0.387 e. The van der Waals surface area contributed by atoms with Gasteiger partial charge in [0.05, 0.1) is 24.3 Å². The number of hydrogen-bond acceptors (Lipinski definition) is 4. The number of alkyl halides is 2. The molecular formula is C20H17F2NO4. The van der Waals surface area contributed by atoms with E-state index in [2.05, 4.69) is 4.74 Å². The first kappa shape index (κ1) is 17.5. The molecule has 2 aliphatic rings. The fourth-order valence-electron chi connectivity index (χ4n) is 3.01. The first-order chi connectivity index (χ1) is 13.0. The second-order valence-corrected chi connectivity index (χ2v) is 6.66. The molecule has 1 saturated carbocycles. The predicted molar refractivity (Wildman–Crippen MR) is 91.9 cm³/mol. The van der Waals surface area contributed by atoms with Gasteiger partial charge in [0.1, 0.15) is 0 Å². The van der Waals surface area contributed by atoms with Crippen molar-refractivity contribution in [3.63, 3.8) is 0 Å². The van der Waals surface area contributed by atoms with E-state index in [1.807, 2.05) is 0 Å². The Kier molecular flexibility index (Phi) is 4.51. The van der Waals surface area contributed by atoms with E-state index in [0.29, 0.717) is 29.2 Å². The molecule has 0 spiro atoms. The average molecular weight is 373 g/mol. The molecule has 1 aliphatic carbocycles. The Balaban J connectivity index is 1.55. The van der Waals surface area contributed by atoms with E-state index in [1.54, 1.807) is 36.4 Å². The highest BCUT2D eigenvalue weighted by atomic mass is 19.3. The Hall–Kier alpha value is -2.96. The van der Waals surface area contributed by atoms with Crippen LogP contribution in [0.1, 0.15) is 39.1 Å². The molecule has 5 nitrogen and oxygen atoms in total. The number of fused-ring (bicyclic) bond motifs is 1. The first-order valence-corrected chi connectivity index (χ1v) is 8.68. The van der Waals surface area contributed by atoms with E-state index < -0.39 is 6.61 Å². The highest BCUT2D eigenvalue weighted by Gasteiger charge is 2.35. The summed E-state index contributed by atoms with van der Waals surface area (Å²) in [6.07, 6.45) is 2.11. The Morgan fingerprint density at radius 2 is 1.67 bits per heavy atom. The van der Waals surface area contributed by atoms with Gasteiger partial charge in [-0.3, -0.25) is 14.5 Å².